The van der Waals surface area contributed by atoms with Crippen molar-refractivity contribution < 1.29 is 4.74 Å². The fraction of sp³-hybridized carbons (Fsp3) is 0.455. The molecule has 70 valence electrons. The minimum absolute atomic E-state index is 0.320. The van der Waals surface area contributed by atoms with E-state index in [-0.39, 0.29) is 0 Å². The Bertz CT molecular complexity index is 322. The first-order valence-electron chi connectivity index (χ1n) is 4.58. The monoisotopic (exact) mass is 240 g/mol. The lowest BCUT2D eigenvalue weighted by Gasteiger charge is -2.07. The predicted molar refractivity (Wildman–Crippen MR) is 57.6 cm³/mol. The van der Waals surface area contributed by atoms with Crippen LogP contribution in [0.15, 0.2) is 18.2 Å². The molecule has 0 N–H and O–H groups in total. The van der Waals surface area contributed by atoms with Gasteiger partial charge in [0.2, 0.25) is 0 Å². The minimum Gasteiger partial charge on any atom is -0.490 e. The van der Waals surface area contributed by atoms with Crippen molar-refractivity contribution in [3.8, 4) is 5.75 Å². The maximum atomic E-state index is 5.70. The number of ether oxygens (including phenoxy) is 1. The Hall–Kier alpha value is -0.500. The number of benzene rings is 1. The Morgan fingerprint density at radius 1 is 1.38 bits per heavy atom. The van der Waals surface area contributed by atoms with E-state index >= 15 is 0 Å². The first-order chi connectivity index (χ1) is 6.22. The van der Waals surface area contributed by atoms with E-state index in [2.05, 4.69) is 48.0 Å². The summed E-state index contributed by atoms with van der Waals surface area (Å²) in [6.45, 7) is 4.34. The third-order valence-corrected chi connectivity index (χ3v) is 3.38. The second kappa shape index (κ2) is 3.33. The largest absolute Gasteiger partial charge is 0.490 e. The Morgan fingerprint density at radius 3 is 2.85 bits per heavy atom. The van der Waals surface area contributed by atoms with Gasteiger partial charge in [0.1, 0.15) is 11.9 Å². The molecule has 0 aliphatic carbocycles. The van der Waals surface area contributed by atoms with Crippen LogP contribution in [-0.4, -0.2) is 6.10 Å². The molecule has 13 heavy (non-hydrogen) atoms. The molecule has 1 aliphatic rings. The Kier molecular flexibility index (Phi) is 2.33. The van der Waals surface area contributed by atoms with Gasteiger partial charge in [-0.15, -0.1) is 0 Å². The van der Waals surface area contributed by atoms with Crippen LogP contribution in [0.25, 0.3) is 0 Å². The normalized spacial score (nSPS) is 25.5. The zero-order chi connectivity index (χ0) is 9.42. The van der Waals surface area contributed by atoms with Gasteiger partial charge in [-0.3, -0.25) is 0 Å². The summed E-state index contributed by atoms with van der Waals surface area (Å²) >= 11 is 3.46. The molecule has 2 atom stereocenters. The average Bonchev–Trinajstić information content (AvgIpc) is 2.43. The van der Waals surface area contributed by atoms with E-state index in [0.29, 0.717) is 12.0 Å². The molecule has 0 amide bonds. The van der Waals surface area contributed by atoms with E-state index in [1.54, 1.807) is 0 Å². The van der Waals surface area contributed by atoms with Crippen LogP contribution in [-0.2, 0) is 5.33 Å². The first kappa shape index (κ1) is 9.07. The van der Waals surface area contributed by atoms with Gasteiger partial charge in [-0.25, -0.2) is 0 Å². The van der Waals surface area contributed by atoms with E-state index in [9.17, 15) is 0 Å². The molecule has 2 unspecified atom stereocenters. The number of hydrogen-bond donors (Lipinski definition) is 0. The lowest BCUT2D eigenvalue weighted by molar-refractivity contribution is 0.232. The van der Waals surface area contributed by atoms with Crippen molar-refractivity contribution in [1.29, 1.82) is 0 Å². The fourth-order valence-corrected chi connectivity index (χ4v) is 2.05. The molecule has 0 radical (unpaired) electrons. The van der Waals surface area contributed by atoms with E-state index in [4.69, 9.17) is 4.74 Å². The molecule has 0 saturated carbocycles. The van der Waals surface area contributed by atoms with E-state index in [1.807, 2.05) is 0 Å². The van der Waals surface area contributed by atoms with Crippen molar-refractivity contribution in [3.05, 3.63) is 29.3 Å². The molecular weight excluding hydrogens is 228 g/mol. The number of rotatable bonds is 1. The topological polar surface area (TPSA) is 9.23 Å². The van der Waals surface area contributed by atoms with Crippen molar-refractivity contribution in [2.24, 2.45) is 0 Å². The quantitative estimate of drug-likeness (QED) is 0.684. The highest BCUT2D eigenvalue weighted by atomic mass is 79.9. The van der Waals surface area contributed by atoms with Crippen molar-refractivity contribution in [3.63, 3.8) is 0 Å². The van der Waals surface area contributed by atoms with Gasteiger partial charge in [0, 0.05) is 16.8 Å². The molecular formula is C11H13BrO. The third kappa shape index (κ3) is 1.48. The lowest BCUT2D eigenvalue weighted by atomic mass is 9.97. The maximum Gasteiger partial charge on any atom is 0.123 e. The smallest absolute Gasteiger partial charge is 0.123 e. The molecule has 1 aromatic rings. The lowest BCUT2D eigenvalue weighted by Crippen LogP contribution is -2.10. The van der Waals surface area contributed by atoms with Crippen molar-refractivity contribution in [2.75, 3.05) is 0 Å². The van der Waals surface area contributed by atoms with Gasteiger partial charge in [0.15, 0.2) is 0 Å². The average molecular weight is 241 g/mol. The van der Waals surface area contributed by atoms with Crippen LogP contribution in [0.1, 0.15) is 30.9 Å². The summed E-state index contributed by atoms with van der Waals surface area (Å²) in [6, 6.07) is 6.42. The van der Waals surface area contributed by atoms with Crippen LogP contribution in [0.4, 0.5) is 0 Å². The standard InChI is InChI=1S/C11H13BrO/c1-7-8(2)13-11-4-3-9(6-12)5-10(7)11/h3-5,7-8H,6H2,1-2H3. The van der Waals surface area contributed by atoms with Gasteiger partial charge in [0.05, 0.1) is 0 Å². The number of alkyl halides is 1. The van der Waals surface area contributed by atoms with E-state index < -0.39 is 0 Å². The molecule has 0 bridgehead atoms. The minimum atomic E-state index is 0.320. The fourth-order valence-electron chi connectivity index (χ4n) is 1.70. The number of fused-ring (bicyclic) bond motifs is 1. The van der Waals surface area contributed by atoms with Crippen LogP contribution in [0, 0.1) is 0 Å². The summed E-state index contributed by atoms with van der Waals surface area (Å²) in [5, 5.41) is 0.918. The van der Waals surface area contributed by atoms with Crippen molar-refractivity contribution in [1.82, 2.24) is 0 Å². The molecule has 2 heteroatoms. The van der Waals surface area contributed by atoms with E-state index in [1.165, 1.54) is 11.1 Å². The molecule has 0 spiro atoms. The number of halogens is 1. The van der Waals surface area contributed by atoms with Crippen LogP contribution < -0.4 is 4.74 Å². The summed E-state index contributed by atoms with van der Waals surface area (Å²) in [7, 11) is 0. The van der Waals surface area contributed by atoms with Crippen LogP contribution in [0.2, 0.25) is 0 Å². The summed E-state index contributed by atoms with van der Waals surface area (Å²) in [6.07, 6.45) is 0.320. The van der Waals surface area contributed by atoms with E-state index in [0.717, 1.165) is 11.1 Å². The Labute approximate surface area is 87.2 Å². The SMILES string of the molecule is CC1Oc2ccc(CBr)cc2C1C. The third-order valence-electron chi connectivity index (χ3n) is 2.74. The van der Waals surface area contributed by atoms with Gasteiger partial charge in [-0.1, -0.05) is 35.0 Å². The highest BCUT2D eigenvalue weighted by molar-refractivity contribution is 9.08. The number of hydrogen-bond acceptors (Lipinski definition) is 1. The van der Waals surface area contributed by atoms with Gasteiger partial charge in [-0.05, 0) is 18.6 Å². The highest BCUT2D eigenvalue weighted by Crippen LogP contribution is 2.38. The maximum absolute atomic E-state index is 5.70. The first-order valence-corrected chi connectivity index (χ1v) is 5.70. The van der Waals surface area contributed by atoms with Crippen LogP contribution in [0.3, 0.4) is 0 Å². The molecule has 1 aliphatic heterocycles. The van der Waals surface area contributed by atoms with Gasteiger partial charge in [-0.2, -0.15) is 0 Å². The van der Waals surface area contributed by atoms with Crippen molar-refractivity contribution in [2.45, 2.75) is 31.2 Å². The zero-order valence-corrected chi connectivity index (χ0v) is 9.47. The van der Waals surface area contributed by atoms with Gasteiger partial charge in [0.25, 0.3) is 0 Å². The summed E-state index contributed by atoms with van der Waals surface area (Å²) in [4.78, 5) is 0. The summed E-state index contributed by atoms with van der Waals surface area (Å²) in [5.41, 5.74) is 2.67. The summed E-state index contributed by atoms with van der Waals surface area (Å²) in [5.74, 6) is 1.58. The molecule has 1 aromatic carbocycles. The van der Waals surface area contributed by atoms with Gasteiger partial charge >= 0.3 is 0 Å². The van der Waals surface area contributed by atoms with Gasteiger partial charge < -0.3 is 4.74 Å². The Balaban J connectivity index is 2.42. The zero-order valence-electron chi connectivity index (χ0n) is 7.88. The molecule has 0 fully saturated rings. The predicted octanol–water partition coefficient (Wildman–Crippen LogP) is 3.47. The van der Waals surface area contributed by atoms with Crippen LogP contribution >= 0.6 is 15.9 Å². The van der Waals surface area contributed by atoms with Crippen LogP contribution in [0.5, 0.6) is 5.75 Å². The molecule has 2 rings (SSSR count). The summed E-state index contributed by atoms with van der Waals surface area (Å²) < 4.78 is 5.70. The Morgan fingerprint density at radius 2 is 2.15 bits per heavy atom. The highest BCUT2D eigenvalue weighted by Gasteiger charge is 2.27. The molecule has 0 aromatic heterocycles. The van der Waals surface area contributed by atoms with Crippen molar-refractivity contribution >= 4 is 15.9 Å². The molecule has 1 heterocycles. The second-order valence-electron chi connectivity index (χ2n) is 3.62. The molecule has 0 saturated heterocycles. The second-order valence-corrected chi connectivity index (χ2v) is 4.18. The molecule has 1 nitrogen and oxygen atoms in total.